The number of aromatic nitrogens is 4. The van der Waals surface area contributed by atoms with Crippen molar-refractivity contribution in [2.45, 2.75) is 95.5 Å². The number of aromatic amines is 2. The molecule has 4 N–H and O–H groups in total. The molecule has 4 rings (SSSR count). The van der Waals surface area contributed by atoms with E-state index in [4.69, 9.17) is 23.7 Å². The molecule has 0 saturated carbocycles. The molecule has 0 unspecified atom stereocenters. The van der Waals surface area contributed by atoms with Crippen molar-refractivity contribution in [2.75, 3.05) is 13.2 Å². The van der Waals surface area contributed by atoms with Gasteiger partial charge in [-0.05, 0) is 63.3 Å². The minimum atomic E-state index is -2.01. The minimum absolute atomic E-state index is 0.0356. The summed E-state index contributed by atoms with van der Waals surface area (Å²) in [5.74, 6) is -0.412. The quantitative estimate of drug-likeness (QED) is 0.177. The summed E-state index contributed by atoms with van der Waals surface area (Å²) in [4.78, 5) is 62.4. The number of nitrogens with one attached hydrogen (secondary N) is 2. The van der Waals surface area contributed by atoms with Gasteiger partial charge in [0.2, 0.25) is 0 Å². The van der Waals surface area contributed by atoms with Crippen molar-refractivity contribution >= 4 is 59.5 Å². The highest BCUT2D eigenvalue weighted by atomic mass is 127. The number of carbonyl (C=O) groups is 1. The SMILES string of the molecule is CC(=O)O[C@@H]1C[C@H](n2cc(I)c(=O)[nH]c2=O)O[C@@H]1CO[Si](C)(C)C(C)(C)C.O=c1[nH]c(=O)n([C@H]2C[C@@H](O)[C@@H](CO)O2)cc1I. The minimum Gasteiger partial charge on any atom is -0.460 e. The number of rotatable bonds is 7. The topological polar surface area (TPSA) is 204 Å². The van der Waals surface area contributed by atoms with Gasteiger partial charge >= 0.3 is 17.3 Å². The number of nitrogens with zero attached hydrogens (tertiary/aromatic N) is 2. The van der Waals surface area contributed by atoms with E-state index < -0.39 is 73.7 Å². The molecule has 2 saturated heterocycles. The lowest BCUT2D eigenvalue weighted by Gasteiger charge is -2.37. The average molecular weight is 865 g/mol. The fourth-order valence-electron chi connectivity index (χ4n) is 4.26. The molecular weight excluding hydrogens is 826 g/mol. The van der Waals surface area contributed by atoms with Crippen molar-refractivity contribution in [3.05, 3.63) is 61.2 Å². The van der Waals surface area contributed by atoms with Gasteiger partial charge in [-0.1, -0.05) is 20.8 Å². The number of ether oxygens (including phenoxy) is 3. The molecule has 2 aliphatic heterocycles. The van der Waals surface area contributed by atoms with Crippen LogP contribution in [0, 0.1) is 7.14 Å². The molecule has 15 nitrogen and oxygen atoms in total. The van der Waals surface area contributed by atoms with Crippen LogP contribution in [0.25, 0.3) is 0 Å². The van der Waals surface area contributed by atoms with E-state index in [1.807, 2.05) is 22.6 Å². The number of halogens is 2. The van der Waals surface area contributed by atoms with Gasteiger partial charge in [0.25, 0.3) is 11.1 Å². The van der Waals surface area contributed by atoms with Gasteiger partial charge in [-0.15, -0.1) is 0 Å². The smallest absolute Gasteiger partial charge is 0.330 e. The summed E-state index contributed by atoms with van der Waals surface area (Å²) < 4.78 is 26.2. The summed E-state index contributed by atoms with van der Waals surface area (Å²) in [6.45, 7) is 12.0. The predicted octanol–water partition coefficient (Wildman–Crippen LogP) is 1.16. The third kappa shape index (κ3) is 8.97. The van der Waals surface area contributed by atoms with Crippen LogP contribution >= 0.6 is 45.2 Å². The lowest BCUT2D eigenvalue weighted by atomic mass is 10.2. The van der Waals surface area contributed by atoms with Crippen LogP contribution in [0.4, 0.5) is 0 Å². The van der Waals surface area contributed by atoms with E-state index >= 15 is 0 Å². The Morgan fingerprint density at radius 3 is 1.89 bits per heavy atom. The van der Waals surface area contributed by atoms with Gasteiger partial charge in [-0.2, -0.15) is 0 Å². The first-order valence-electron chi connectivity index (χ1n) is 13.8. The fraction of sp³-hybridized carbons (Fsp3) is 0.654. The molecule has 2 aromatic heterocycles. The Bertz CT molecular complexity index is 1560. The van der Waals surface area contributed by atoms with Gasteiger partial charge in [-0.25, -0.2) is 9.59 Å². The van der Waals surface area contributed by atoms with E-state index in [2.05, 4.69) is 43.8 Å². The van der Waals surface area contributed by atoms with Gasteiger partial charge in [0, 0.05) is 32.2 Å². The number of H-pyrrole nitrogens is 2. The van der Waals surface area contributed by atoms with E-state index in [9.17, 15) is 29.1 Å². The molecule has 2 aliphatic rings. The summed E-state index contributed by atoms with van der Waals surface area (Å²) >= 11 is 3.66. The van der Waals surface area contributed by atoms with Crippen molar-refractivity contribution in [3.8, 4) is 0 Å². The summed E-state index contributed by atoms with van der Waals surface area (Å²) in [6, 6.07) is 0. The lowest BCUT2D eigenvalue weighted by Crippen LogP contribution is -2.44. The van der Waals surface area contributed by atoms with Crippen LogP contribution in [-0.4, -0.2) is 81.2 Å². The number of hydrogen-bond donors (Lipinski definition) is 4. The van der Waals surface area contributed by atoms with Gasteiger partial charge in [-0.3, -0.25) is 33.5 Å². The van der Waals surface area contributed by atoms with Crippen LogP contribution in [0.1, 0.15) is 53.0 Å². The monoisotopic (exact) mass is 864 g/mol. The van der Waals surface area contributed by atoms with Crippen LogP contribution in [0.5, 0.6) is 0 Å². The maximum atomic E-state index is 12.2. The molecule has 0 bridgehead atoms. The second kappa shape index (κ2) is 14.8. The molecular formula is C26H38I2N4O11Si. The molecule has 2 aromatic rings. The van der Waals surface area contributed by atoms with Crippen molar-refractivity contribution in [3.63, 3.8) is 0 Å². The van der Waals surface area contributed by atoms with Gasteiger partial charge in [0.05, 0.1) is 26.5 Å². The molecule has 246 valence electrons. The van der Waals surface area contributed by atoms with Crippen molar-refractivity contribution in [1.82, 2.24) is 19.1 Å². The second-order valence-corrected chi connectivity index (χ2v) is 19.1. The number of aliphatic hydroxyl groups is 2. The highest BCUT2D eigenvalue weighted by Gasteiger charge is 2.43. The van der Waals surface area contributed by atoms with Crippen molar-refractivity contribution < 1.29 is 33.6 Å². The third-order valence-electron chi connectivity index (χ3n) is 7.77. The Morgan fingerprint density at radius 2 is 1.45 bits per heavy atom. The summed E-state index contributed by atoms with van der Waals surface area (Å²) in [6.07, 6.45) is -0.482. The third-order valence-corrected chi connectivity index (χ3v) is 13.8. The highest BCUT2D eigenvalue weighted by Crippen LogP contribution is 2.38. The van der Waals surface area contributed by atoms with E-state index in [-0.39, 0.29) is 24.7 Å². The predicted molar refractivity (Wildman–Crippen MR) is 177 cm³/mol. The molecule has 2 fully saturated rings. The molecule has 0 aromatic carbocycles. The van der Waals surface area contributed by atoms with Crippen LogP contribution < -0.4 is 22.5 Å². The molecule has 0 radical (unpaired) electrons. The Hall–Kier alpha value is -1.69. The first kappa shape index (κ1) is 36.8. The Labute approximate surface area is 280 Å². The van der Waals surface area contributed by atoms with Crippen LogP contribution in [0.15, 0.2) is 31.6 Å². The number of aliphatic hydroxyl groups excluding tert-OH is 2. The zero-order chi connectivity index (χ0) is 33.1. The zero-order valence-corrected chi connectivity index (χ0v) is 30.5. The zero-order valence-electron chi connectivity index (χ0n) is 25.2. The maximum absolute atomic E-state index is 12.2. The summed E-state index contributed by atoms with van der Waals surface area (Å²) in [5, 5.41) is 18.5. The molecule has 0 aliphatic carbocycles. The molecule has 18 heteroatoms. The van der Waals surface area contributed by atoms with Crippen LogP contribution in [0.2, 0.25) is 18.1 Å². The van der Waals surface area contributed by atoms with Crippen molar-refractivity contribution in [2.24, 2.45) is 0 Å². The van der Waals surface area contributed by atoms with E-state index in [0.717, 1.165) is 0 Å². The Morgan fingerprint density at radius 1 is 0.977 bits per heavy atom. The largest absolute Gasteiger partial charge is 0.460 e. The van der Waals surface area contributed by atoms with Crippen LogP contribution in [0.3, 0.4) is 0 Å². The number of esters is 1. The maximum Gasteiger partial charge on any atom is 0.330 e. The molecule has 0 amide bonds. The highest BCUT2D eigenvalue weighted by molar-refractivity contribution is 14.1. The van der Waals surface area contributed by atoms with E-state index in [1.54, 1.807) is 22.6 Å². The first-order chi connectivity index (χ1) is 20.3. The lowest BCUT2D eigenvalue weighted by molar-refractivity contribution is -0.150. The van der Waals surface area contributed by atoms with Crippen LogP contribution in [-0.2, 0) is 23.4 Å². The number of carbonyl (C=O) groups excluding carboxylic acids is 1. The van der Waals surface area contributed by atoms with E-state index in [0.29, 0.717) is 13.6 Å². The second-order valence-electron chi connectivity index (χ2n) is 12.0. The normalized spacial score (nSPS) is 25.4. The Kier molecular flexibility index (Phi) is 12.4. The standard InChI is InChI=1S/C17H27IN2O6Si.C9H11IN2O5/c1-10(21)25-12-7-14(20-8-11(18)15(22)19-16(20)23)26-13(12)9-24-27(5,6)17(2,3)4;10-4-2-12(9(16)11-8(4)15)7-1-5(14)6(3-13)17-7/h8,12-14H,7,9H2,1-6H3,(H,19,22,23);2,5-7,13-14H,1,3H2,(H,11,15,16)/t12-,13-,14-;5-,6-,7-/m11/s1. The Balaban J connectivity index is 0.000000266. The molecule has 4 heterocycles. The molecule has 44 heavy (non-hydrogen) atoms. The average Bonchev–Trinajstić information content (AvgIpc) is 3.49. The summed E-state index contributed by atoms with van der Waals surface area (Å²) in [7, 11) is -2.01. The van der Waals surface area contributed by atoms with Gasteiger partial charge < -0.3 is 28.8 Å². The fourth-order valence-corrected chi connectivity index (χ4v) is 6.15. The molecule has 6 atom stereocenters. The first-order valence-corrected chi connectivity index (χ1v) is 18.8. The summed E-state index contributed by atoms with van der Waals surface area (Å²) in [5.41, 5.74) is -2.04. The number of hydrogen-bond acceptors (Lipinski definition) is 11. The van der Waals surface area contributed by atoms with Crippen molar-refractivity contribution in [1.29, 1.82) is 0 Å². The van der Waals surface area contributed by atoms with Gasteiger partial charge in [0.1, 0.15) is 30.8 Å². The van der Waals surface area contributed by atoms with Gasteiger partial charge in [0.15, 0.2) is 8.32 Å². The molecule has 0 spiro atoms. The van der Waals surface area contributed by atoms with E-state index in [1.165, 1.54) is 28.5 Å².